The van der Waals surface area contributed by atoms with E-state index in [1.165, 1.54) is 0 Å². The summed E-state index contributed by atoms with van der Waals surface area (Å²) in [5, 5.41) is 1.17. The van der Waals surface area contributed by atoms with Gasteiger partial charge in [0.1, 0.15) is 0 Å². The molecule has 1 unspecified atom stereocenters. The van der Waals surface area contributed by atoms with Crippen LogP contribution in [0.4, 0.5) is 0 Å². The maximum atomic E-state index is 6.15. The summed E-state index contributed by atoms with van der Waals surface area (Å²) in [4.78, 5) is 4.31. The van der Waals surface area contributed by atoms with Crippen molar-refractivity contribution in [2.45, 2.75) is 25.9 Å². The number of aromatic nitrogens is 2. The zero-order valence-electron chi connectivity index (χ0n) is 10.1. The van der Waals surface area contributed by atoms with E-state index in [1.54, 1.807) is 12.4 Å². The highest BCUT2D eigenvalue weighted by Gasteiger charge is 2.06. The van der Waals surface area contributed by atoms with Crippen molar-refractivity contribution in [3.63, 3.8) is 0 Å². The van der Waals surface area contributed by atoms with Crippen molar-refractivity contribution in [3.8, 4) is 0 Å². The Morgan fingerprint density at radius 3 is 2.89 bits per heavy atom. The molecule has 5 heteroatoms. The minimum Gasteiger partial charge on any atom is -0.333 e. The monoisotopic (exact) mass is 283 g/mol. The maximum Gasteiger partial charge on any atom is 0.0952 e. The van der Waals surface area contributed by atoms with Crippen LogP contribution < -0.4 is 5.73 Å². The molecule has 2 rings (SSSR count). The maximum absolute atomic E-state index is 6.15. The Bertz CT molecular complexity index is 535. The number of halogens is 2. The highest BCUT2D eigenvalue weighted by molar-refractivity contribution is 6.42. The fraction of sp³-hybridized carbons (Fsp3) is 0.308. The van der Waals surface area contributed by atoms with Crippen molar-refractivity contribution < 1.29 is 0 Å². The molecule has 1 aromatic heterocycles. The van der Waals surface area contributed by atoms with Crippen LogP contribution in [0.15, 0.2) is 30.7 Å². The first-order valence-electron chi connectivity index (χ1n) is 5.75. The molecule has 2 N–H and O–H groups in total. The number of rotatable bonds is 4. The molecule has 96 valence electrons. The van der Waals surface area contributed by atoms with E-state index in [2.05, 4.69) is 4.98 Å². The van der Waals surface area contributed by atoms with Crippen LogP contribution >= 0.6 is 23.2 Å². The Kier molecular flexibility index (Phi) is 4.27. The minimum atomic E-state index is 0.114. The van der Waals surface area contributed by atoms with Crippen molar-refractivity contribution in [3.05, 3.63) is 52.0 Å². The Morgan fingerprint density at radius 2 is 2.17 bits per heavy atom. The molecule has 0 saturated heterocycles. The molecule has 0 fully saturated rings. The second-order valence-electron chi connectivity index (χ2n) is 4.43. The molecule has 0 spiro atoms. The van der Waals surface area contributed by atoms with Crippen molar-refractivity contribution >= 4 is 23.2 Å². The third-order valence-electron chi connectivity index (χ3n) is 2.60. The van der Waals surface area contributed by atoms with Crippen LogP contribution in [-0.4, -0.2) is 15.6 Å². The zero-order valence-corrected chi connectivity index (χ0v) is 11.6. The lowest BCUT2D eigenvalue weighted by Crippen LogP contribution is -2.17. The molecule has 0 aliphatic carbocycles. The van der Waals surface area contributed by atoms with Crippen molar-refractivity contribution in [2.75, 3.05) is 0 Å². The smallest absolute Gasteiger partial charge is 0.0952 e. The van der Waals surface area contributed by atoms with E-state index in [9.17, 15) is 0 Å². The molecule has 0 saturated carbocycles. The lowest BCUT2D eigenvalue weighted by atomic mass is 10.2. The highest BCUT2D eigenvalue weighted by atomic mass is 35.5. The molecule has 1 atom stereocenters. The summed E-state index contributed by atoms with van der Waals surface area (Å²) in [6.07, 6.45) is 4.55. The van der Waals surface area contributed by atoms with Crippen molar-refractivity contribution in [1.82, 2.24) is 9.55 Å². The van der Waals surface area contributed by atoms with E-state index in [1.807, 2.05) is 29.8 Å². The molecule has 3 nitrogen and oxygen atoms in total. The van der Waals surface area contributed by atoms with Gasteiger partial charge >= 0.3 is 0 Å². The average Bonchev–Trinajstić information content (AvgIpc) is 2.71. The topological polar surface area (TPSA) is 43.8 Å². The van der Waals surface area contributed by atoms with Gasteiger partial charge in [-0.25, -0.2) is 4.98 Å². The van der Waals surface area contributed by atoms with Gasteiger partial charge in [0.25, 0.3) is 0 Å². The Balaban J connectivity index is 2.14. The molecule has 0 amide bonds. The van der Waals surface area contributed by atoms with E-state index in [-0.39, 0.29) is 6.04 Å². The van der Waals surface area contributed by atoms with Gasteiger partial charge in [-0.3, -0.25) is 0 Å². The molecule has 0 bridgehead atoms. The van der Waals surface area contributed by atoms with Gasteiger partial charge in [0.05, 0.1) is 28.6 Å². The van der Waals surface area contributed by atoms with Gasteiger partial charge in [0.2, 0.25) is 0 Å². The largest absolute Gasteiger partial charge is 0.333 e. The van der Waals surface area contributed by atoms with Gasteiger partial charge in [-0.1, -0.05) is 35.3 Å². The molecule has 0 radical (unpaired) electrons. The average molecular weight is 284 g/mol. The Morgan fingerprint density at radius 1 is 1.39 bits per heavy atom. The number of hydrogen-bond acceptors (Lipinski definition) is 2. The summed E-state index contributed by atoms with van der Waals surface area (Å²) in [6.45, 7) is 2.62. The second-order valence-corrected chi connectivity index (χ2v) is 5.22. The Hall–Kier alpha value is -1.03. The van der Waals surface area contributed by atoms with Gasteiger partial charge in [-0.2, -0.15) is 0 Å². The summed E-state index contributed by atoms with van der Waals surface area (Å²) in [6, 6.07) is 5.74. The normalized spacial score (nSPS) is 12.7. The number of hydrogen-bond donors (Lipinski definition) is 1. The number of nitrogens with zero attached hydrogens (tertiary/aromatic N) is 2. The summed E-state index contributed by atoms with van der Waals surface area (Å²) < 4.78 is 1.98. The standard InChI is InChI=1S/C13H15Cl2N3/c1-9(16)5-11-7-18(8-17-11)6-10-3-2-4-12(14)13(10)15/h2-4,7-9H,5-6,16H2,1H3. The summed E-state index contributed by atoms with van der Waals surface area (Å²) in [7, 11) is 0. The van der Waals surface area contributed by atoms with E-state index in [0.717, 1.165) is 17.7 Å². The van der Waals surface area contributed by atoms with Crippen LogP contribution in [0, 0.1) is 0 Å². The van der Waals surface area contributed by atoms with E-state index in [4.69, 9.17) is 28.9 Å². The molecule has 1 aromatic carbocycles. The quantitative estimate of drug-likeness (QED) is 0.937. The lowest BCUT2D eigenvalue weighted by molar-refractivity contribution is 0.723. The fourth-order valence-corrected chi connectivity index (χ4v) is 2.18. The molecule has 1 heterocycles. The summed E-state index contributed by atoms with van der Waals surface area (Å²) in [5.74, 6) is 0. The molecular weight excluding hydrogens is 269 g/mol. The predicted molar refractivity (Wildman–Crippen MR) is 75.1 cm³/mol. The molecule has 2 aromatic rings. The zero-order chi connectivity index (χ0) is 13.1. The third-order valence-corrected chi connectivity index (χ3v) is 3.46. The van der Waals surface area contributed by atoms with Gasteiger partial charge in [-0.15, -0.1) is 0 Å². The fourth-order valence-electron chi connectivity index (χ4n) is 1.80. The molecule has 0 aliphatic rings. The minimum absolute atomic E-state index is 0.114. The van der Waals surface area contributed by atoms with Crippen LogP contribution in [0.2, 0.25) is 10.0 Å². The third kappa shape index (κ3) is 3.25. The van der Waals surface area contributed by atoms with Crippen molar-refractivity contribution in [1.29, 1.82) is 0 Å². The van der Waals surface area contributed by atoms with E-state index in [0.29, 0.717) is 16.6 Å². The first-order chi connectivity index (χ1) is 8.56. The van der Waals surface area contributed by atoms with Crippen molar-refractivity contribution in [2.24, 2.45) is 5.73 Å². The lowest BCUT2D eigenvalue weighted by Gasteiger charge is -2.06. The number of imidazole rings is 1. The van der Waals surface area contributed by atoms with Crippen LogP contribution in [0.25, 0.3) is 0 Å². The highest BCUT2D eigenvalue weighted by Crippen LogP contribution is 2.26. The van der Waals surface area contributed by atoms with Crippen LogP contribution in [-0.2, 0) is 13.0 Å². The molecule has 0 aliphatic heterocycles. The number of benzene rings is 1. The summed E-state index contributed by atoms with van der Waals surface area (Å²) >= 11 is 12.1. The van der Waals surface area contributed by atoms with Gasteiger partial charge < -0.3 is 10.3 Å². The Labute approximate surface area is 117 Å². The van der Waals surface area contributed by atoms with Crippen LogP contribution in [0.5, 0.6) is 0 Å². The van der Waals surface area contributed by atoms with E-state index >= 15 is 0 Å². The van der Waals surface area contributed by atoms with Gasteiger partial charge in [0, 0.05) is 18.7 Å². The van der Waals surface area contributed by atoms with Crippen LogP contribution in [0.3, 0.4) is 0 Å². The molecular formula is C13H15Cl2N3. The SMILES string of the molecule is CC(N)Cc1cn(Cc2cccc(Cl)c2Cl)cn1. The molecule has 18 heavy (non-hydrogen) atoms. The van der Waals surface area contributed by atoms with E-state index < -0.39 is 0 Å². The van der Waals surface area contributed by atoms with Gasteiger partial charge in [0.15, 0.2) is 0 Å². The second kappa shape index (κ2) is 5.74. The summed E-state index contributed by atoms with van der Waals surface area (Å²) in [5.41, 5.74) is 7.71. The first kappa shape index (κ1) is 13.4. The number of nitrogens with two attached hydrogens (primary N) is 1. The first-order valence-corrected chi connectivity index (χ1v) is 6.51. The van der Waals surface area contributed by atoms with Gasteiger partial charge in [-0.05, 0) is 18.6 Å². The van der Waals surface area contributed by atoms with Crippen LogP contribution in [0.1, 0.15) is 18.2 Å². The predicted octanol–water partition coefficient (Wildman–Crippen LogP) is 3.13.